The zero-order valence-corrected chi connectivity index (χ0v) is 9.87. The van der Waals surface area contributed by atoms with Gasteiger partial charge < -0.3 is 14.8 Å². The number of hydrogen-bond donors (Lipinski definition) is 1. The summed E-state index contributed by atoms with van der Waals surface area (Å²) in [6, 6.07) is 1.36. The predicted molar refractivity (Wildman–Crippen MR) is 60.0 cm³/mol. The lowest BCUT2D eigenvalue weighted by Gasteiger charge is -2.39. The normalized spacial score (nSPS) is 41.2. The fraction of sp³-hybridized carbons (Fsp3) is 1.00. The first-order chi connectivity index (χ1) is 7.31. The van der Waals surface area contributed by atoms with E-state index in [2.05, 4.69) is 5.32 Å². The molecule has 2 rings (SSSR count). The van der Waals surface area contributed by atoms with E-state index in [9.17, 15) is 0 Å². The van der Waals surface area contributed by atoms with Crippen LogP contribution in [0.5, 0.6) is 0 Å². The second-order valence-electron chi connectivity index (χ2n) is 4.91. The van der Waals surface area contributed by atoms with Crippen LogP contribution in [0, 0.1) is 0 Å². The quantitative estimate of drug-likeness (QED) is 0.771. The fourth-order valence-corrected chi connectivity index (χ4v) is 2.74. The summed E-state index contributed by atoms with van der Waals surface area (Å²) >= 11 is 0. The molecule has 15 heavy (non-hydrogen) atoms. The molecule has 0 amide bonds. The Balaban J connectivity index is 1.66. The first kappa shape index (κ1) is 11.4. The molecule has 0 aromatic carbocycles. The molecule has 3 nitrogen and oxygen atoms in total. The molecule has 2 saturated carbocycles. The molecule has 0 radical (unpaired) electrons. The first-order valence-electron chi connectivity index (χ1n) is 6.13. The van der Waals surface area contributed by atoms with Crippen LogP contribution >= 0.6 is 0 Å². The lowest BCUT2D eigenvalue weighted by molar-refractivity contribution is 0.00536. The van der Waals surface area contributed by atoms with Gasteiger partial charge >= 0.3 is 0 Å². The van der Waals surface area contributed by atoms with Crippen molar-refractivity contribution < 1.29 is 9.47 Å². The third-order valence-electron chi connectivity index (χ3n) is 3.86. The van der Waals surface area contributed by atoms with Gasteiger partial charge in [-0.05, 0) is 38.5 Å². The van der Waals surface area contributed by atoms with Crippen molar-refractivity contribution in [3.63, 3.8) is 0 Å². The predicted octanol–water partition coefficient (Wildman–Crippen LogP) is 1.71. The number of methoxy groups -OCH3 is 2. The molecule has 2 fully saturated rings. The minimum Gasteiger partial charge on any atom is -0.381 e. The summed E-state index contributed by atoms with van der Waals surface area (Å²) in [5, 5.41) is 3.72. The SMILES string of the molecule is COC1CCCC(NC2CC(OC)C2)C1. The molecule has 0 spiro atoms. The fourth-order valence-electron chi connectivity index (χ4n) is 2.74. The van der Waals surface area contributed by atoms with Crippen LogP contribution in [-0.2, 0) is 9.47 Å². The van der Waals surface area contributed by atoms with E-state index in [4.69, 9.17) is 9.47 Å². The van der Waals surface area contributed by atoms with Gasteiger partial charge in [0.2, 0.25) is 0 Å². The Morgan fingerprint density at radius 3 is 2.20 bits per heavy atom. The number of ether oxygens (including phenoxy) is 2. The molecule has 0 bridgehead atoms. The molecule has 0 saturated heterocycles. The molecule has 3 heteroatoms. The van der Waals surface area contributed by atoms with E-state index in [0.717, 1.165) is 0 Å². The van der Waals surface area contributed by atoms with Gasteiger partial charge in [0.25, 0.3) is 0 Å². The van der Waals surface area contributed by atoms with Crippen molar-refractivity contribution in [3.05, 3.63) is 0 Å². The zero-order valence-electron chi connectivity index (χ0n) is 9.87. The second kappa shape index (κ2) is 5.28. The molecule has 2 atom stereocenters. The highest BCUT2D eigenvalue weighted by atomic mass is 16.5. The summed E-state index contributed by atoms with van der Waals surface area (Å²) in [5.41, 5.74) is 0. The van der Waals surface area contributed by atoms with Crippen molar-refractivity contribution in [2.75, 3.05) is 14.2 Å². The second-order valence-corrected chi connectivity index (χ2v) is 4.91. The largest absolute Gasteiger partial charge is 0.381 e. The molecule has 88 valence electrons. The van der Waals surface area contributed by atoms with Gasteiger partial charge in [0.1, 0.15) is 0 Å². The third kappa shape index (κ3) is 2.92. The number of hydrogen-bond acceptors (Lipinski definition) is 3. The van der Waals surface area contributed by atoms with Gasteiger partial charge in [-0.15, -0.1) is 0 Å². The van der Waals surface area contributed by atoms with Crippen LogP contribution in [0.2, 0.25) is 0 Å². The van der Waals surface area contributed by atoms with Gasteiger partial charge in [-0.1, -0.05) is 0 Å². The Bertz CT molecular complexity index is 192. The highest BCUT2D eigenvalue weighted by Crippen LogP contribution is 2.26. The molecule has 0 aromatic heterocycles. The molecule has 1 N–H and O–H groups in total. The van der Waals surface area contributed by atoms with Crippen LogP contribution in [-0.4, -0.2) is 38.5 Å². The van der Waals surface area contributed by atoms with E-state index in [0.29, 0.717) is 24.3 Å². The summed E-state index contributed by atoms with van der Waals surface area (Å²) < 4.78 is 10.7. The van der Waals surface area contributed by atoms with Crippen LogP contribution in [0.4, 0.5) is 0 Å². The Morgan fingerprint density at radius 1 is 0.867 bits per heavy atom. The molecular formula is C12H23NO2. The molecule has 0 aliphatic heterocycles. The first-order valence-corrected chi connectivity index (χ1v) is 6.13. The van der Waals surface area contributed by atoms with Crippen molar-refractivity contribution in [3.8, 4) is 0 Å². The Morgan fingerprint density at radius 2 is 1.53 bits per heavy atom. The molecule has 2 aliphatic rings. The van der Waals surface area contributed by atoms with E-state index in [1.165, 1.54) is 38.5 Å². The highest BCUT2D eigenvalue weighted by molar-refractivity contribution is 4.90. The van der Waals surface area contributed by atoms with Crippen molar-refractivity contribution in [1.82, 2.24) is 5.32 Å². The summed E-state index contributed by atoms with van der Waals surface area (Å²) in [7, 11) is 3.64. The maximum Gasteiger partial charge on any atom is 0.0601 e. The number of rotatable bonds is 4. The average Bonchev–Trinajstić information content (AvgIpc) is 2.23. The zero-order chi connectivity index (χ0) is 10.7. The van der Waals surface area contributed by atoms with Gasteiger partial charge in [0.05, 0.1) is 12.2 Å². The summed E-state index contributed by atoms with van der Waals surface area (Å²) in [6.45, 7) is 0. The Labute approximate surface area is 92.5 Å². The molecule has 2 unspecified atom stereocenters. The van der Waals surface area contributed by atoms with Gasteiger partial charge in [0.15, 0.2) is 0 Å². The van der Waals surface area contributed by atoms with Crippen LogP contribution in [0.25, 0.3) is 0 Å². The Kier molecular flexibility index (Phi) is 4.00. The van der Waals surface area contributed by atoms with Crippen LogP contribution in [0.3, 0.4) is 0 Å². The summed E-state index contributed by atoms with van der Waals surface area (Å²) in [6.07, 6.45) is 8.39. The van der Waals surface area contributed by atoms with Crippen LogP contribution < -0.4 is 5.32 Å². The van der Waals surface area contributed by atoms with E-state index in [1.807, 2.05) is 14.2 Å². The van der Waals surface area contributed by atoms with Gasteiger partial charge in [-0.3, -0.25) is 0 Å². The standard InChI is InChI=1S/C12H23NO2/c1-14-11-5-3-4-9(6-11)13-10-7-12(8-10)15-2/h9-13H,3-8H2,1-2H3. The smallest absolute Gasteiger partial charge is 0.0601 e. The summed E-state index contributed by atoms with van der Waals surface area (Å²) in [4.78, 5) is 0. The minimum absolute atomic E-state index is 0.481. The lowest BCUT2D eigenvalue weighted by Crippen LogP contribution is -2.50. The lowest BCUT2D eigenvalue weighted by atomic mass is 9.86. The minimum atomic E-state index is 0.481. The van der Waals surface area contributed by atoms with Crippen LogP contribution in [0.15, 0.2) is 0 Å². The molecular weight excluding hydrogens is 190 g/mol. The van der Waals surface area contributed by atoms with Crippen LogP contribution in [0.1, 0.15) is 38.5 Å². The molecule has 0 aromatic rings. The maximum absolute atomic E-state index is 5.43. The van der Waals surface area contributed by atoms with Crippen molar-refractivity contribution in [2.24, 2.45) is 0 Å². The maximum atomic E-state index is 5.43. The topological polar surface area (TPSA) is 30.5 Å². The van der Waals surface area contributed by atoms with Crippen molar-refractivity contribution in [1.29, 1.82) is 0 Å². The molecule has 0 heterocycles. The van der Waals surface area contributed by atoms with E-state index in [1.54, 1.807) is 0 Å². The summed E-state index contributed by atoms with van der Waals surface area (Å²) in [5.74, 6) is 0. The van der Waals surface area contributed by atoms with Crippen molar-refractivity contribution >= 4 is 0 Å². The van der Waals surface area contributed by atoms with Crippen molar-refractivity contribution in [2.45, 2.75) is 62.8 Å². The Hall–Kier alpha value is -0.120. The third-order valence-corrected chi connectivity index (χ3v) is 3.86. The van der Waals surface area contributed by atoms with E-state index < -0.39 is 0 Å². The van der Waals surface area contributed by atoms with E-state index >= 15 is 0 Å². The number of nitrogens with one attached hydrogen (secondary N) is 1. The van der Waals surface area contributed by atoms with Gasteiger partial charge in [-0.25, -0.2) is 0 Å². The van der Waals surface area contributed by atoms with Gasteiger partial charge in [-0.2, -0.15) is 0 Å². The average molecular weight is 213 g/mol. The monoisotopic (exact) mass is 213 g/mol. The van der Waals surface area contributed by atoms with Gasteiger partial charge in [0, 0.05) is 26.3 Å². The van der Waals surface area contributed by atoms with E-state index in [-0.39, 0.29) is 0 Å². The molecule has 2 aliphatic carbocycles. The highest BCUT2D eigenvalue weighted by Gasteiger charge is 2.32.